The van der Waals surface area contributed by atoms with Gasteiger partial charge in [0.15, 0.2) is 5.75 Å². The molecule has 0 fully saturated rings. The fraction of sp³-hybridized carbons (Fsp3) is 0.133. The summed E-state index contributed by atoms with van der Waals surface area (Å²) in [4.78, 5) is 11.6. The third kappa shape index (κ3) is 3.00. The van der Waals surface area contributed by atoms with Crippen molar-refractivity contribution in [3.63, 3.8) is 0 Å². The summed E-state index contributed by atoms with van der Waals surface area (Å²) in [5.41, 5.74) is 6.81. The zero-order valence-corrected chi connectivity index (χ0v) is 11.3. The zero-order chi connectivity index (χ0) is 14.5. The smallest absolute Gasteiger partial charge is 0.251 e. The molecule has 0 bridgehead atoms. The molecule has 0 heterocycles. The van der Waals surface area contributed by atoms with E-state index < -0.39 is 0 Å². The van der Waals surface area contributed by atoms with Crippen molar-refractivity contribution in [1.82, 2.24) is 5.32 Å². The molecule has 1 amide bonds. The standard InChI is InChI=1S/C15H16N2O3/c1-17-15(18)10-3-8-13(16)14(9-10)20-12-6-4-11(19-2)5-7-12/h3-9H,16H2,1-2H3,(H,17,18). The highest BCUT2D eigenvalue weighted by Crippen LogP contribution is 2.29. The van der Waals surface area contributed by atoms with E-state index in [2.05, 4.69) is 5.32 Å². The van der Waals surface area contributed by atoms with Gasteiger partial charge in [0.25, 0.3) is 5.91 Å². The van der Waals surface area contributed by atoms with Crippen LogP contribution < -0.4 is 20.5 Å². The largest absolute Gasteiger partial charge is 0.497 e. The minimum atomic E-state index is -0.190. The lowest BCUT2D eigenvalue weighted by atomic mass is 10.2. The van der Waals surface area contributed by atoms with E-state index in [4.69, 9.17) is 15.2 Å². The fourth-order valence-electron chi connectivity index (χ4n) is 1.68. The predicted octanol–water partition coefficient (Wildman–Crippen LogP) is 2.43. The first kappa shape index (κ1) is 13.7. The lowest BCUT2D eigenvalue weighted by molar-refractivity contribution is 0.0963. The lowest BCUT2D eigenvalue weighted by Gasteiger charge is -2.10. The van der Waals surface area contributed by atoms with Crippen LogP contribution in [0.15, 0.2) is 42.5 Å². The topological polar surface area (TPSA) is 73.6 Å². The Labute approximate surface area is 117 Å². The summed E-state index contributed by atoms with van der Waals surface area (Å²) in [6, 6.07) is 12.0. The molecule has 0 unspecified atom stereocenters. The summed E-state index contributed by atoms with van der Waals surface area (Å²) in [6.07, 6.45) is 0. The summed E-state index contributed by atoms with van der Waals surface area (Å²) in [5.74, 6) is 1.61. The highest BCUT2D eigenvalue weighted by Gasteiger charge is 2.08. The molecule has 0 aliphatic carbocycles. The Morgan fingerprint density at radius 1 is 1.10 bits per heavy atom. The van der Waals surface area contributed by atoms with Gasteiger partial charge in [-0.25, -0.2) is 0 Å². The molecule has 0 saturated carbocycles. The van der Waals surface area contributed by atoms with E-state index in [-0.39, 0.29) is 5.91 Å². The Morgan fingerprint density at radius 3 is 2.35 bits per heavy atom. The third-order valence-corrected chi connectivity index (χ3v) is 2.79. The maximum Gasteiger partial charge on any atom is 0.251 e. The number of amides is 1. The summed E-state index contributed by atoms with van der Waals surface area (Å²) in [5, 5.41) is 2.56. The number of hydrogen-bond acceptors (Lipinski definition) is 4. The molecule has 104 valence electrons. The minimum absolute atomic E-state index is 0.190. The number of hydrogen-bond donors (Lipinski definition) is 2. The van der Waals surface area contributed by atoms with E-state index in [1.807, 2.05) is 0 Å². The Morgan fingerprint density at radius 2 is 1.75 bits per heavy atom. The maximum absolute atomic E-state index is 11.6. The SMILES string of the molecule is CNC(=O)c1ccc(N)c(Oc2ccc(OC)cc2)c1. The van der Waals surface area contributed by atoms with Gasteiger partial charge in [0.1, 0.15) is 11.5 Å². The van der Waals surface area contributed by atoms with Crippen molar-refractivity contribution >= 4 is 11.6 Å². The van der Waals surface area contributed by atoms with E-state index in [0.717, 1.165) is 5.75 Å². The fourth-order valence-corrected chi connectivity index (χ4v) is 1.68. The first-order valence-corrected chi connectivity index (χ1v) is 6.07. The number of benzene rings is 2. The molecule has 5 nitrogen and oxygen atoms in total. The van der Waals surface area contributed by atoms with Crippen molar-refractivity contribution in [2.24, 2.45) is 0 Å². The first-order valence-electron chi connectivity index (χ1n) is 6.07. The number of methoxy groups -OCH3 is 1. The van der Waals surface area contributed by atoms with Gasteiger partial charge in [-0.15, -0.1) is 0 Å². The van der Waals surface area contributed by atoms with E-state index in [9.17, 15) is 4.79 Å². The number of nitrogens with one attached hydrogen (secondary N) is 1. The second kappa shape index (κ2) is 5.97. The van der Waals surface area contributed by atoms with Gasteiger partial charge in [0.05, 0.1) is 12.8 Å². The Balaban J connectivity index is 2.25. The second-order valence-electron chi connectivity index (χ2n) is 4.11. The number of carbonyl (C=O) groups excluding carboxylic acids is 1. The summed E-state index contributed by atoms with van der Waals surface area (Å²) in [6.45, 7) is 0. The molecule has 2 rings (SSSR count). The van der Waals surface area contributed by atoms with Crippen LogP contribution in [-0.4, -0.2) is 20.1 Å². The quantitative estimate of drug-likeness (QED) is 0.838. The van der Waals surface area contributed by atoms with Gasteiger partial charge in [-0.1, -0.05) is 0 Å². The molecule has 0 aliphatic heterocycles. The van der Waals surface area contributed by atoms with Crippen LogP contribution in [0.5, 0.6) is 17.2 Å². The molecule has 0 atom stereocenters. The van der Waals surface area contributed by atoms with Crippen molar-refractivity contribution in [3.8, 4) is 17.2 Å². The molecule has 3 N–H and O–H groups in total. The van der Waals surface area contributed by atoms with Gasteiger partial charge in [-0.3, -0.25) is 4.79 Å². The minimum Gasteiger partial charge on any atom is -0.497 e. The lowest BCUT2D eigenvalue weighted by Crippen LogP contribution is -2.17. The number of ether oxygens (including phenoxy) is 2. The molecule has 2 aromatic carbocycles. The third-order valence-electron chi connectivity index (χ3n) is 2.79. The molecule has 20 heavy (non-hydrogen) atoms. The molecule has 5 heteroatoms. The van der Waals surface area contributed by atoms with Gasteiger partial charge in [0, 0.05) is 12.6 Å². The molecular weight excluding hydrogens is 256 g/mol. The average Bonchev–Trinajstić information content (AvgIpc) is 2.49. The Hall–Kier alpha value is -2.69. The molecule has 0 saturated heterocycles. The number of rotatable bonds is 4. The monoisotopic (exact) mass is 272 g/mol. The number of nitrogens with two attached hydrogens (primary N) is 1. The summed E-state index contributed by atoms with van der Waals surface area (Å²) in [7, 11) is 3.17. The van der Waals surface area contributed by atoms with Crippen molar-refractivity contribution in [1.29, 1.82) is 0 Å². The predicted molar refractivity (Wildman–Crippen MR) is 77.3 cm³/mol. The summed E-state index contributed by atoms with van der Waals surface area (Å²) < 4.78 is 10.8. The first-order chi connectivity index (χ1) is 9.63. The van der Waals surface area contributed by atoms with Crippen molar-refractivity contribution in [3.05, 3.63) is 48.0 Å². The Kier molecular flexibility index (Phi) is 4.10. The van der Waals surface area contributed by atoms with Crippen LogP contribution in [0.1, 0.15) is 10.4 Å². The number of anilines is 1. The van der Waals surface area contributed by atoms with E-state index >= 15 is 0 Å². The number of carbonyl (C=O) groups is 1. The molecule has 0 spiro atoms. The van der Waals surface area contributed by atoms with Crippen LogP contribution in [0.3, 0.4) is 0 Å². The van der Waals surface area contributed by atoms with Crippen LogP contribution in [0, 0.1) is 0 Å². The summed E-state index contributed by atoms with van der Waals surface area (Å²) >= 11 is 0. The molecule has 0 aliphatic rings. The van der Waals surface area contributed by atoms with Crippen molar-refractivity contribution in [2.45, 2.75) is 0 Å². The van der Waals surface area contributed by atoms with Gasteiger partial charge >= 0.3 is 0 Å². The van der Waals surface area contributed by atoms with E-state index in [1.165, 1.54) is 0 Å². The van der Waals surface area contributed by atoms with Crippen LogP contribution in [0.4, 0.5) is 5.69 Å². The molecule has 2 aromatic rings. The molecular formula is C15H16N2O3. The number of nitrogen functional groups attached to an aromatic ring is 1. The van der Waals surface area contributed by atoms with Crippen molar-refractivity contribution < 1.29 is 14.3 Å². The van der Waals surface area contributed by atoms with Gasteiger partial charge in [-0.2, -0.15) is 0 Å². The van der Waals surface area contributed by atoms with Gasteiger partial charge in [0.2, 0.25) is 0 Å². The van der Waals surface area contributed by atoms with E-state index in [1.54, 1.807) is 56.6 Å². The highest BCUT2D eigenvalue weighted by atomic mass is 16.5. The molecule has 0 radical (unpaired) electrons. The van der Waals surface area contributed by atoms with Gasteiger partial charge < -0.3 is 20.5 Å². The van der Waals surface area contributed by atoms with Crippen LogP contribution in [0.25, 0.3) is 0 Å². The second-order valence-corrected chi connectivity index (χ2v) is 4.11. The van der Waals surface area contributed by atoms with Crippen LogP contribution in [0.2, 0.25) is 0 Å². The van der Waals surface area contributed by atoms with Crippen LogP contribution in [-0.2, 0) is 0 Å². The maximum atomic E-state index is 11.6. The zero-order valence-electron chi connectivity index (χ0n) is 11.3. The normalized spacial score (nSPS) is 9.90. The Bertz CT molecular complexity index is 609. The average molecular weight is 272 g/mol. The van der Waals surface area contributed by atoms with E-state index in [0.29, 0.717) is 22.7 Å². The van der Waals surface area contributed by atoms with Crippen LogP contribution >= 0.6 is 0 Å². The highest BCUT2D eigenvalue weighted by molar-refractivity contribution is 5.95. The molecule has 0 aromatic heterocycles. The van der Waals surface area contributed by atoms with Gasteiger partial charge in [-0.05, 0) is 42.5 Å². The van der Waals surface area contributed by atoms with Crippen molar-refractivity contribution in [2.75, 3.05) is 19.9 Å².